The van der Waals surface area contributed by atoms with Gasteiger partial charge in [-0.3, -0.25) is 9.59 Å². The summed E-state index contributed by atoms with van der Waals surface area (Å²) >= 11 is 6.32. The van der Waals surface area contributed by atoms with Crippen molar-refractivity contribution in [1.82, 2.24) is 4.90 Å². The summed E-state index contributed by atoms with van der Waals surface area (Å²) < 4.78 is 0. The summed E-state index contributed by atoms with van der Waals surface area (Å²) in [6, 6.07) is 13.3. The predicted octanol–water partition coefficient (Wildman–Crippen LogP) is 4.26. The van der Waals surface area contributed by atoms with E-state index in [-0.39, 0.29) is 17.9 Å². The van der Waals surface area contributed by atoms with Crippen LogP contribution < -0.4 is 0 Å². The fourth-order valence-corrected chi connectivity index (χ4v) is 3.33. The minimum absolute atomic E-state index is 0.0359. The number of aliphatic hydroxyl groups excluding tert-OH is 1. The summed E-state index contributed by atoms with van der Waals surface area (Å²) in [6.45, 7) is 5.75. The van der Waals surface area contributed by atoms with E-state index in [1.165, 1.54) is 4.90 Å². The topological polar surface area (TPSA) is 57.6 Å². The van der Waals surface area contributed by atoms with Gasteiger partial charge < -0.3 is 10.0 Å². The minimum atomic E-state index is -0.761. The number of Topliss-reactive ketones (excluding diaryl/α,β-unsaturated/α-hetero) is 1. The molecule has 2 aromatic rings. The van der Waals surface area contributed by atoms with Crippen molar-refractivity contribution < 1.29 is 14.7 Å². The maximum Gasteiger partial charge on any atom is 0.295 e. The highest BCUT2D eigenvalue weighted by molar-refractivity contribution is 6.47. The van der Waals surface area contributed by atoms with E-state index in [1.807, 2.05) is 19.1 Å². The SMILES string of the molecule is C=CCN1C(=O)C(=O)/C(=C(/O)c2ccc(C)cc2)[C@H]1c1ccccc1Cl. The van der Waals surface area contributed by atoms with Crippen molar-refractivity contribution in [3.05, 3.63) is 88.5 Å². The molecule has 0 aliphatic carbocycles. The van der Waals surface area contributed by atoms with Gasteiger partial charge in [0.15, 0.2) is 0 Å². The second kappa shape index (κ2) is 7.18. The Hall–Kier alpha value is -2.85. The summed E-state index contributed by atoms with van der Waals surface area (Å²) in [5.41, 5.74) is 2.12. The number of benzene rings is 2. The van der Waals surface area contributed by atoms with Gasteiger partial charge in [0.25, 0.3) is 11.7 Å². The minimum Gasteiger partial charge on any atom is -0.507 e. The summed E-state index contributed by atoms with van der Waals surface area (Å²) in [6.07, 6.45) is 1.54. The Bertz CT molecular complexity index is 915. The molecule has 0 unspecified atom stereocenters. The molecule has 1 aliphatic heterocycles. The lowest BCUT2D eigenvalue weighted by atomic mass is 9.95. The van der Waals surface area contributed by atoms with Crippen LogP contribution in [-0.2, 0) is 9.59 Å². The third kappa shape index (κ3) is 3.04. The number of rotatable bonds is 4. The number of hydrogen-bond acceptors (Lipinski definition) is 3. The fourth-order valence-electron chi connectivity index (χ4n) is 3.09. The van der Waals surface area contributed by atoms with Gasteiger partial charge in [0.05, 0.1) is 11.6 Å². The molecule has 0 bridgehead atoms. The molecule has 1 fully saturated rings. The van der Waals surface area contributed by atoms with E-state index in [1.54, 1.807) is 42.5 Å². The molecule has 0 spiro atoms. The average Bonchev–Trinajstić information content (AvgIpc) is 2.87. The van der Waals surface area contributed by atoms with Crippen LogP contribution in [0.3, 0.4) is 0 Å². The van der Waals surface area contributed by atoms with Crippen molar-refractivity contribution >= 4 is 29.1 Å². The van der Waals surface area contributed by atoms with E-state index < -0.39 is 17.7 Å². The van der Waals surface area contributed by atoms with E-state index >= 15 is 0 Å². The summed E-state index contributed by atoms with van der Waals surface area (Å²) in [4.78, 5) is 26.6. The van der Waals surface area contributed by atoms with Crippen LogP contribution in [0.5, 0.6) is 0 Å². The lowest BCUT2D eigenvalue weighted by molar-refractivity contribution is -0.139. The maximum absolute atomic E-state index is 12.7. The first kappa shape index (κ1) is 18.0. The number of aryl methyl sites for hydroxylation is 1. The average molecular weight is 368 g/mol. The Morgan fingerprint density at radius 3 is 2.46 bits per heavy atom. The van der Waals surface area contributed by atoms with Crippen molar-refractivity contribution in [3.8, 4) is 0 Å². The molecule has 5 heteroatoms. The van der Waals surface area contributed by atoms with Gasteiger partial charge in [0.1, 0.15) is 5.76 Å². The summed E-state index contributed by atoms with van der Waals surface area (Å²) in [5, 5.41) is 11.2. The fraction of sp³-hybridized carbons (Fsp3) is 0.143. The van der Waals surface area contributed by atoms with Crippen LogP contribution in [0.4, 0.5) is 0 Å². The molecule has 1 heterocycles. The number of halogens is 1. The Balaban J connectivity index is 2.23. The molecule has 1 aliphatic rings. The number of amides is 1. The molecule has 4 nitrogen and oxygen atoms in total. The molecule has 1 saturated heterocycles. The number of carbonyl (C=O) groups is 2. The largest absolute Gasteiger partial charge is 0.507 e. The highest BCUT2D eigenvalue weighted by Gasteiger charge is 2.46. The van der Waals surface area contributed by atoms with E-state index in [2.05, 4.69) is 6.58 Å². The van der Waals surface area contributed by atoms with Crippen LogP contribution in [0.1, 0.15) is 22.7 Å². The molecule has 0 radical (unpaired) electrons. The lowest BCUT2D eigenvalue weighted by Crippen LogP contribution is -2.29. The summed E-state index contributed by atoms with van der Waals surface area (Å²) in [7, 11) is 0. The predicted molar refractivity (Wildman–Crippen MR) is 102 cm³/mol. The molecule has 0 aromatic heterocycles. The molecule has 3 rings (SSSR count). The third-order valence-corrected chi connectivity index (χ3v) is 4.73. The first-order chi connectivity index (χ1) is 12.5. The van der Waals surface area contributed by atoms with E-state index in [9.17, 15) is 14.7 Å². The van der Waals surface area contributed by atoms with Crippen molar-refractivity contribution in [2.24, 2.45) is 0 Å². The number of ketones is 1. The van der Waals surface area contributed by atoms with Gasteiger partial charge in [-0.2, -0.15) is 0 Å². The van der Waals surface area contributed by atoms with Crippen molar-refractivity contribution in [3.63, 3.8) is 0 Å². The Morgan fingerprint density at radius 2 is 1.85 bits per heavy atom. The Labute approximate surface area is 157 Å². The molecule has 1 atom stereocenters. The quantitative estimate of drug-likeness (QED) is 0.380. The normalized spacial score (nSPS) is 19.0. The van der Waals surface area contributed by atoms with Crippen molar-refractivity contribution in [2.75, 3.05) is 6.54 Å². The van der Waals surface area contributed by atoms with Gasteiger partial charge in [0.2, 0.25) is 0 Å². The van der Waals surface area contributed by atoms with Gasteiger partial charge in [-0.25, -0.2) is 0 Å². The zero-order chi connectivity index (χ0) is 18.8. The van der Waals surface area contributed by atoms with Crippen LogP contribution in [0.2, 0.25) is 5.02 Å². The number of aliphatic hydroxyl groups is 1. The van der Waals surface area contributed by atoms with Gasteiger partial charge in [0, 0.05) is 17.1 Å². The Kier molecular flexibility index (Phi) is 4.96. The maximum atomic E-state index is 12.7. The molecule has 1 N–H and O–H groups in total. The highest BCUT2D eigenvalue weighted by atomic mass is 35.5. The molecular weight excluding hydrogens is 350 g/mol. The first-order valence-electron chi connectivity index (χ1n) is 8.16. The zero-order valence-electron chi connectivity index (χ0n) is 14.3. The van der Waals surface area contributed by atoms with Crippen LogP contribution in [0.25, 0.3) is 5.76 Å². The van der Waals surface area contributed by atoms with Gasteiger partial charge in [-0.15, -0.1) is 6.58 Å². The summed E-state index contributed by atoms with van der Waals surface area (Å²) in [5.74, 6) is -1.61. The molecule has 2 aromatic carbocycles. The van der Waals surface area contributed by atoms with Crippen LogP contribution in [0.15, 0.2) is 66.8 Å². The smallest absolute Gasteiger partial charge is 0.295 e. The van der Waals surface area contributed by atoms with Gasteiger partial charge in [-0.1, -0.05) is 65.7 Å². The van der Waals surface area contributed by atoms with E-state index in [0.717, 1.165) is 5.56 Å². The Morgan fingerprint density at radius 1 is 1.19 bits per heavy atom. The van der Waals surface area contributed by atoms with Crippen molar-refractivity contribution in [1.29, 1.82) is 0 Å². The number of likely N-dealkylation sites (tertiary alicyclic amines) is 1. The second-order valence-corrected chi connectivity index (χ2v) is 6.53. The highest BCUT2D eigenvalue weighted by Crippen LogP contribution is 2.41. The zero-order valence-corrected chi connectivity index (χ0v) is 15.0. The third-order valence-electron chi connectivity index (χ3n) is 4.39. The van der Waals surface area contributed by atoms with Crippen molar-refractivity contribution in [2.45, 2.75) is 13.0 Å². The molecular formula is C21H18ClNO3. The lowest BCUT2D eigenvalue weighted by Gasteiger charge is -2.24. The van der Waals surface area contributed by atoms with Crippen LogP contribution in [-0.4, -0.2) is 28.2 Å². The number of nitrogens with zero attached hydrogens (tertiary/aromatic N) is 1. The molecule has 132 valence electrons. The van der Waals surface area contributed by atoms with E-state index in [4.69, 9.17) is 11.6 Å². The standard InChI is InChI=1S/C21H18ClNO3/c1-3-12-23-18(15-6-4-5-7-16(15)22)17(20(25)21(23)26)19(24)14-10-8-13(2)9-11-14/h3-11,18,24H,1,12H2,2H3/b19-17+/t18-/m1/s1. The number of carbonyl (C=O) groups excluding carboxylic acids is 2. The first-order valence-corrected chi connectivity index (χ1v) is 8.54. The molecule has 26 heavy (non-hydrogen) atoms. The van der Waals surface area contributed by atoms with Gasteiger partial charge in [-0.05, 0) is 18.6 Å². The number of hydrogen-bond donors (Lipinski definition) is 1. The van der Waals surface area contributed by atoms with Crippen LogP contribution in [0, 0.1) is 6.92 Å². The second-order valence-electron chi connectivity index (χ2n) is 6.13. The molecule has 0 saturated carbocycles. The van der Waals surface area contributed by atoms with E-state index in [0.29, 0.717) is 16.1 Å². The van der Waals surface area contributed by atoms with Gasteiger partial charge >= 0.3 is 0 Å². The van der Waals surface area contributed by atoms with Crippen LogP contribution >= 0.6 is 11.6 Å². The monoisotopic (exact) mass is 367 g/mol. The molecule has 1 amide bonds.